The molecule has 0 saturated carbocycles. The van der Waals surface area contributed by atoms with Gasteiger partial charge in [0, 0.05) is 42.5 Å². The first kappa shape index (κ1) is 31.5. The number of rotatable bonds is 9. The number of esters is 3. The molecule has 0 radical (unpaired) electrons. The maximum atomic E-state index is 13.4. The number of hydrogen-bond acceptors (Lipinski definition) is 10. The molecule has 2 heterocycles. The summed E-state index contributed by atoms with van der Waals surface area (Å²) in [5.41, 5.74) is 3.61. The van der Waals surface area contributed by atoms with Crippen molar-refractivity contribution in [2.75, 3.05) is 13.4 Å². The summed E-state index contributed by atoms with van der Waals surface area (Å²) < 4.78 is 42.1. The quantitative estimate of drug-likeness (QED) is 0.211. The molecule has 11 heteroatoms. The number of benzene rings is 2. The van der Waals surface area contributed by atoms with Crippen molar-refractivity contribution in [2.45, 2.75) is 64.0 Å². The fraction of sp³-hybridized carbons (Fsp3) is 0.387. The minimum atomic E-state index is -1.32. The third kappa shape index (κ3) is 7.32. The molecule has 1 unspecified atom stereocenters. The van der Waals surface area contributed by atoms with Gasteiger partial charge < -0.3 is 23.7 Å². The van der Waals surface area contributed by atoms with E-state index in [9.17, 15) is 18.8 Å². The van der Waals surface area contributed by atoms with E-state index in [1.54, 1.807) is 30.6 Å². The number of thiophene rings is 1. The first-order valence-electron chi connectivity index (χ1n) is 13.2. The van der Waals surface area contributed by atoms with Crippen LogP contribution in [0.1, 0.15) is 48.4 Å². The number of halogens is 1. The summed E-state index contributed by atoms with van der Waals surface area (Å²) in [7, 11) is 1.55. The third-order valence-corrected chi connectivity index (χ3v) is 9.00. The maximum Gasteiger partial charge on any atom is 0.305 e. The van der Waals surface area contributed by atoms with Gasteiger partial charge >= 0.3 is 17.9 Å². The number of hydrogen-bond donors (Lipinski definition) is 0. The fourth-order valence-electron chi connectivity index (χ4n) is 4.98. The van der Waals surface area contributed by atoms with Crippen LogP contribution in [0.3, 0.4) is 0 Å². The molecule has 8 nitrogen and oxygen atoms in total. The van der Waals surface area contributed by atoms with Gasteiger partial charge in [0.1, 0.15) is 17.7 Å². The van der Waals surface area contributed by atoms with Crippen LogP contribution in [0.5, 0.6) is 5.75 Å². The smallest absolute Gasteiger partial charge is 0.305 e. The van der Waals surface area contributed by atoms with E-state index < -0.39 is 47.8 Å². The van der Waals surface area contributed by atoms with E-state index in [1.807, 2.05) is 37.4 Å². The van der Waals surface area contributed by atoms with Gasteiger partial charge in [-0.1, -0.05) is 12.1 Å². The number of ether oxygens (including phenoxy) is 5. The van der Waals surface area contributed by atoms with Gasteiger partial charge in [-0.05, 0) is 66.3 Å². The van der Waals surface area contributed by atoms with Crippen molar-refractivity contribution in [3.63, 3.8) is 0 Å². The summed E-state index contributed by atoms with van der Waals surface area (Å²) in [6.45, 7) is 5.69. The molecule has 5 atom stereocenters. The highest BCUT2D eigenvalue weighted by Gasteiger charge is 2.52. The lowest BCUT2D eigenvalue weighted by Gasteiger charge is -2.44. The van der Waals surface area contributed by atoms with Crippen molar-refractivity contribution in [1.82, 2.24) is 0 Å². The molecule has 1 aliphatic heterocycles. The first-order valence-corrected chi connectivity index (χ1v) is 15.3. The highest BCUT2D eigenvalue weighted by Crippen LogP contribution is 2.45. The summed E-state index contributed by atoms with van der Waals surface area (Å²) in [6, 6.07) is 14.4. The number of thioether (sulfide) groups is 1. The van der Waals surface area contributed by atoms with Crippen molar-refractivity contribution in [2.24, 2.45) is 0 Å². The van der Waals surface area contributed by atoms with Gasteiger partial charge in [0.15, 0.2) is 6.10 Å². The molecule has 4 rings (SSSR count). The SMILES string of the molecule is COc1cc(C)c(Cc2ccc(-c3ccc(F)cc3)s2)cc1C1O[C@H](OC(C)=O)[C@@H](OC(C)=O)[C@H](OC(C)=O)[C@H]1SC. The van der Waals surface area contributed by atoms with E-state index in [-0.39, 0.29) is 5.82 Å². The van der Waals surface area contributed by atoms with Crippen LogP contribution >= 0.6 is 23.1 Å². The van der Waals surface area contributed by atoms with Gasteiger partial charge in [-0.15, -0.1) is 11.3 Å². The number of aryl methyl sites for hydroxylation is 1. The molecule has 0 bridgehead atoms. The Labute approximate surface area is 252 Å². The molecule has 224 valence electrons. The largest absolute Gasteiger partial charge is 0.496 e. The van der Waals surface area contributed by atoms with E-state index in [1.165, 1.54) is 44.7 Å². The van der Waals surface area contributed by atoms with Crippen LogP contribution in [0.15, 0.2) is 48.5 Å². The Morgan fingerprint density at radius 1 is 0.929 bits per heavy atom. The van der Waals surface area contributed by atoms with Gasteiger partial charge in [-0.3, -0.25) is 14.4 Å². The standard InChI is InChI=1S/C31H33FO8S2/c1-16-13-25(36-5)24(15-21(16)14-23-11-12-26(42-23)20-7-9-22(32)10-8-20)27-30(41-6)28(37-17(2)33)29(38-18(3)34)31(40-27)39-19(4)35/h7-13,15,27-31H,14H2,1-6H3/t27?,28-,29-,30-,31-/m0/s1. The summed E-state index contributed by atoms with van der Waals surface area (Å²) in [6.07, 6.45) is -1.78. The van der Waals surface area contributed by atoms with E-state index in [2.05, 4.69) is 0 Å². The van der Waals surface area contributed by atoms with Crippen molar-refractivity contribution >= 4 is 41.0 Å². The third-order valence-electron chi connectivity index (χ3n) is 6.80. The molecular weight excluding hydrogens is 583 g/mol. The molecule has 0 spiro atoms. The van der Waals surface area contributed by atoms with Crippen molar-refractivity contribution in [3.8, 4) is 16.2 Å². The van der Waals surface area contributed by atoms with Gasteiger partial charge in [-0.2, -0.15) is 11.8 Å². The predicted molar refractivity (Wildman–Crippen MR) is 158 cm³/mol. The fourth-order valence-corrected chi connectivity index (χ4v) is 6.96. The lowest BCUT2D eigenvalue weighted by atomic mass is 9.91. The zero-order valence-corrected chi connectivity index (χ0v) is 25.8. The second-order valence-electron chi connectivity index (χ2n) is 9.85. The lowest BCUT2D eigenvalue weighted by Crippen LogP contribution is -2.57. The maximum absolute atomic E-state index is 13.4. The van der Waals surface area contributed by atoms with Gasteiger partial charge in [0.25, 0.3) is 0 Å². The van der Waals surface area contributed by atoms with E-state index in [0.717, 1.165) is 26.4 Å². The summed E-state index contributed by atoms with van der Waals surface area (Å²) in [5, 5.41) is -0.540. The highest BCUT2D eigenvalue weighted by molar-refractivity contribution is 7.99. The van der Waals surface area contributed by atoms with Crippen LogP contribution in [-0.4, -0.2) is 55.0 Å². The average molecular weight is 617 g/mol. The van der Waals surface area contributed by atoms with Crippen molar-refractivity contribution < 1.29 is 42.5 Å². The minimum absolute atomic E-state index is 0.281. The normalized spacial score (nSPS) is 21.8. The molecule has 1 aromatic heterocycles. The molecule has 1 aliphatic rings. The second-order valence-corrected chi connectivity index (χ2v) is 12.0. The summed E-state index contributed by atoms with van der Waals surface area (Å²) in [5.74, 6) is -1.60. The second kappa shape index (κ2) is 13.7. The van der Waals surface area contributed by atoms with E-state index in [4.69, 9.17) is 23.7 Å². The molecule has 42 heavy (non-hydrogen) atoms. The van der Waals surface area contributed by atoms with Crippen molar-refractivity contribution in [3.05, 3.63) is 75.9 Å². The Balaban J connectivity index is 1.73. The van der Waals surface area contributed by atoms with Crippen molar-refractivity contribution in [1.29, 1.82) is 0 Å². The topological polar surface area (TPSA) is 97.4 Å². The van der Waals surface area contributed by atoms with Crippen LogP contribution in [-0.2, 0) is 39.8 Å². The molecule has 0 N–H and O–H groups in total. The Kier molecular flexibility index (Phi) is 10.3. The van der Waals surface area contributed by atoms with Gasteiger partial charge in [-0.25, -0.2) is 4.39 Å². The lowest BCUT2D eigenvalue weighted by molar-refractivity contribution is -0.266. The van der Waals surface area contributed by atoms with Gasteiger partial charge in [0.2, 0.25) is 12.4 Å². The molecule has 0 aliphatic carbocycles. The first-order chi connectivity index (χ1) is 20.0. The monoisotopic (exact) mass is 616 g/mol. The Hall–Kier alpha value is -3.41. The van der Waals surface area contributed by atoms with Crippen LogP contribution in [0, 0.1) is 12.7 Å². The zero-order chi connectivity index (χ0) is 30.6. The molecule has 1 fully saturated rings. The Bertz CT molecular complexity index is 1440. The van der Waals surface area contributed by atoms with Crippen LogP contribution in [0.25, 0.3) is 10.4 Å². The number of carbonyl (C=O) groups is 3. The highest BCUT2D eigenvalue weighted by atomic mass is 32.2. The molecular formula is C31H33FO8S2. The molecule has 2 aromatic carbocycles. The average Bonchev–Trinajstić information content (AvgIpc) is 3.39. The van der Waals surface area contributed by atoms with Gasteiger partial charge in [0.05, 0.1) is 12.4 Å². The van der Waals surface area contributed by atoms with Crippen LogP contribution < -0.4 is 4.74 Å². The Morgan fingerprint density at radius 2 is 1.57 bits per heavy atom. The van der Waals surface area contributed by atoms with Crippen LogP contribution in [0.4, 0.5) is 4.39 Å². The number of methoxy groups -OCH3 is 1. The summed E-state index contributed by atoms with van der Waals surface area (Å²) >= 11 is 2.99. The molecule has 3 aromatic rings. The molecule has 0 amide bonds. The summed E-state index contributed by atoms with van der Waals surface area (Å²) in [4.78, 5) is 38.3. The number of carbonyl (C=O) groups excluding carboxylic acids is 3. The van der Waals surface area contributed by atoms with E-state index in [0.29, 0.717) is 17.7 Å². The predicted octanol–water partition coefficient (Wildman–Crippen LogP) is 6.02. The zero-order valence-electron chi connectivity index (χ0n) is 24.2. The Morgan fingerprint density at radius 3 is 2.17 bits per heavy atom. The van der Waals surface area contributed by atoms with E-state index >= 15 is 0 Å². The molecule has 1 saturated heterocycles. The minimum Gasteiger partial charge on any atom is -0.496 e. The van der Waals surface area contributed by atoms with Crippen LogP contribution in [0.2, 0.25) is 0 Å².